The van der Waals surface area contributed by atoms with Gasteiger partial charge in [0.15, 0.2) is 0 Å². The number of carbonyl (C=O) groups excluding carboxylic acids is 1. The second kappa shape index (κ2) is 10.2. The molecule has 0 aliphatic carbocycles. The number of benzene rings is 1. The fraction of sp³-hybridized carbons (Fsp3) is 0.438. The average Bonchev–Trinajstić information content (AvgIpc) is 2.42. The van der Waals surface area contributed by atoms with Gasteiger partial charge in [0, 0.05) is 5.69 Å². The van der Waals surface area contributed by atoms with E-state index in [9.17, 15) is 0 Å². The number of ether oxygens (including phenoxy) is 2. The fourth-order valence-corrected chi connectivity index (χ4v) is 1.31. The number of carbonyl (C=O) groups is 1. The summed E-state index contributed by atoms with van der Waals surface area (Å²) >= 11 is 0. The zero-order chi connectivity index (χ0) is 15.4. The summed E-state index contributed by atoms with van der Waals surface area (Å²) in [6.45, 7) is 13.4. The minimum Gasteiger partial charge on any atom is -0.373 e. The van der Waals surface area contributed by atoms with Crippen LogP contribution in [0, 0.1) is 0 Å². The molecule has 0 atom stereocenters. The predicted molar refractivity (Wildman–Crippen MR) is 82.7 cm³/mol. The number of hydrogen-bond donors (Lipinski definition) is 1. The van der Waals surface area contributed by atoms with E-state index >= 15 is 0 Å². The molecule has 0 saturated carbocycles. The highest BCUT2D eigenvalue weighted by Gasteiger charge is 2.08. The number of nitrogens with one attached hydrogen (secondary N) is 1. The maximum absolute atomic E-state index is 8.00. The number of hydrogen-bond acceptors (Lipinski definition) is 4. The minimum absolute atomic E-state index is 0.120. The van der Waals surface area contributed by atoms with Crippen LogP contribution < -0.4 is 5.32 Å². The van der Waals surface area contributed by atoms with Crippen molar-refractivity contribution in [1.82, 2.24) is 0 Å². The van der Waals surface area contributed by atoms with Gasteiger partial charge >= 0.3 is 0 Å². The second-order valence-electron chi connectivity index (χ2n) is 5.08. The summed E-state index contributed by atoms with van der Waals surface area (Å²) in [5.74, 6) is 0. The van der Waals surface area contributed by atoms with Gasteiger partial charge < -0.3 is 19.6 Å². The Morgan fingerprint density at radius 1 is 1.20 bits per heavy atom. The predicted octanol–water partition coefficient (Wildman–Crippen LogP) is 3.39. The summed E-state index contributed by atoms with van der Waals surface area (Å²) in [7, 11) is 0. The molecule has 0 bridgehead atoms. The van der Waals surface area contributed by atoms with Gasteiger partial charge in [-0.3, -0.25) is 0 Å². The van der Waals surface area contributed by atoms with Crippen LogP contribution in [0.15, 0.2) is 36.9 Å². The maximum Gasteiger partial charge on any atom is 0.117 e. The molecule has 0 aliphatic rings. The Morgan fingerprint density at radius 2 is 1.80 bits per heavy atom. The molecule has 0 fully saturated rings. The molecular weight excluding hydrogens is 254 g/mol. The van der Waals surface area contributed by atoms with E-state index in [1.54, 1.807) is 6.08 Å². The quantitative estimate of drug-likeness (QED) is 0.472. The van der Waals surface area contributed by atoms with E-state index in [-0.39, 0.29) is 5.60 Å². The molecule has 1 rings (SSSR count). The van der Waals surface area contributed by atoms with Crippen molar-refractivity contribution in [2.75, 3.05) is 18.7 Å². The zero-order valence-electron chi connectivity index (χ0n) is 12.6. The van der Waals surface area contributed by atoms with Crippen molar-refractivity contribution < 1.29 is 14.3 Å². The summed E-state index contributed by atoms with van der Waals surface area (Å²) < 4.78 is 11.0. The third-order valence-electron chi connectivity index (χ3n) is 2.24. The van der Waals surface area contributed by atoms with E-state index in [0.717, 1.165) is 11.3 Å². The molecule has 0 radical (unpaired) electrons. The monoisotopic (exact) mass is 279 g/mol. The smallest absolute Gasteiger partial charge is 0.117 e. The van der Waals surface area contributed by atoms with Crippen LogP contribution in [-0.2, 0) is 20.9 Å². The highest BCUT2D eigenvalue weighted by Crippen LogP contribution is 2.12. The van der Waals surface area contributed by atoms with E-state index in [0.29, 0.717) is 19.9 Å². The van der Waals surface area contributed by atoms with Gasteiger partial charge in [-0.2, -0.15) is 0 Å². The van der Waals surface area contributed by atoms with Crippen molar-refractivity contribution >= 4 is 12.5 Å². The molecule has 0 amide bonds. The van der Waals surface area contributed by atoms with Crippen LogP contribution in [0.3, 0.4) is 0 Å². The van der Waals surface area contributed by atoms with Gasteiger partial charge in [-0.1, -0.05) is 18.2 Å². The van der Waals surface area contributed by atoms with E-state index in [1.165, 1.54) is 0 Å². The van der Waals surface area contributed by atoms with Gasteiger partial charge in [0.25, 0.3) is 0 Å². The van der Waals surface area contributed by atoms with Crippen LogP contribution >= 0.6 is 0 Å². The summed E-state index contributed by atoms with van der Waals surface area (Å²) in [4.78, 5) is 8.00. The van der Waals surface area contributed by atoms with Crippen LogP contribution in [0.4, 0.5) is 5.69 Å². The molecule has 4 heteroatoms. The second-order valence-corrected chi connectivity index (χ2v) is 5.08. The Bertz CT molecular complexity index is 368. The molecule has 0 spiro atoms. The van der Waals surface area contributed by atoms with E-state index in [4.69, 9.17) is 14.3 Å². The van der Waals surface area contributed by atoms with Crippen LogP contribution in [0.1, 0.15) is 26.3 Å². The third-order valence-corrected chi connectivity index (χ3v) is 2.24. The normalized spacial score (nSPS) is 10.3. The zero-order valence-corrected chi connectivity index (χ0v) is 12.6. The van der Waals surface area contributed by atoms with Gasteiger partial charge in [-0.15, -0.1) is 6.58 Å². The average molecular weight is 279 g/mol. The van der Waals surface area contributed by atoms with Gasteiger partial charge in [-0.25, -0.2) is 0 Å². The highest BCUT2D eigenvalue weighted by atomic mass is 16.5. The maximum atomic E-state index is 8.00. The van der Waals surface area contributed by atoms with Crippen LogP contribution in [0.5, 0.6) is 0 Å². The van der Waals surface area contributed by atoms with Gasteiger partial charge in [0.05, 0.1) is 18.8 Å². The number of anilines is 1. The van der Waals surface area contributed by atoms with E-state index < -0.39 is 0 Å². The molecule has 0 saturated heterocycles. The molecule has 0 unspecified atom stereocenters. The van der Waals surface area contributed by atoms with Crippen molar-refractivity contribution in [3.05, 3.63) is 42.5 Å². The molecule has 20 heavy (non-hydrogen) atoms. The Kier molecular flexibility index (Phi) is 9.34. The first-order valence-electron chi connectivity index (χ1n) is 6.45. The molecule has 1 N–H and O–H groups in total. The van der Waals surface area contributed by atoms with Gasteiger partial charge in [0.2, 0.25) is 0 Å². The van der Waals surface area contributed by atoms with Crippen molar-refractivity contribution in [2.24, 2.45) is 0 Å². The Hall–Kier alpha value is -1.65. The van der Waals surface area contributed by atoms with Crippen molar-refractivity contribution in [2.45, 2.75) is 33.0 Å². The lowest BCUT2D eigenvalue weighted by molar-refractivity contribution is -0.0979. The molecule has 1 aromatic rings. The van der Waals surface area contributed by atoms with Crippen molar-refractivity contribution in [1.29, 1.82) is 0 Å². The summed E-state index contributed by atoms with van der Waals surface area (Å²) in [5, 5.41) is 3.22. The van der Waals surface area contributed by atoms with Crippen LogP contribution in [0.2, 0.25) is 0 Å². The molecule has 0 aliphatic heterocycles. The van der Waals surface area contributed by atoms with Crippen molar-refractivity contribution in [3.8, 4) is 0 Å². The number of rotatable bonds is 7. The highest BCUT2D eigenvalue weighted by molar-refractivity contribution is 5.44. The first-order valence-corrected chi connectivity index (χ1v) is 6.45. The largest absolute Gasteiger partial charge is 0.373 e. The molecule has 1 aromatic carbocycles. The summed E-state index contributed by atoms with van der Waals surface area (Å²) in [6, 6.07) is 8.14. The Morgan fingerprint density at radius 3 is 2.30 bits per heavy atom. The van der Waals surface area contributed by atoms with Crippen molar-refractivity contribution in [3.63, 3.8) is 0 Å². The first kappa shape index (κ1) is 18.4. The fourth-order valence-electron chi connectivity index (χ4n) is 1.31. The lowest BCUT2D eigenvalue weighted by Gasteiger charge is -2.20. The van der Waals surface area contributed by atoms with Gasteiger partial charge in [0.1, 0.15) is 13.5 Å². The van der Waals surface area contributed by atoms with Crippen LogP contribution in [0.25, 0.3) is 0 Å². The SMILES string of the molecule is C=CCOCc1ccc(NCOC(C)(C)C)cc1.C=O. The lowest BCUT2D eigenvalue weighted by atomic mass is 10.2. The van der Waals surface area contributed by atoms with Gasteiger partial charge in [-0.05, 0) is 38.5 Å². The minimum atomic E-state index is -0.120. The molecule has 0 aromatic heterocycles. The topological polar surface area (TPSA) is 47.6 Å². The van der Waals surface area contributed by atoms with E-state index in [2.05, 4.69) is 11.9 Å². The van der Waals surface area contributed by atoms with Crippen LogP contribution in [-0.4, -0.2) is 25.7 Å². The Labute approximate surface area is 121 Å². The summed E-state index contributed by atoms with van der Waals surface area (Å²) in [5.41, 5.74) is 2.08. The molecule has 4 nitrogen and oxygen atoms in total. The first-order chi connectivity index (χ1) is 9.51. The van der Waals surface area contributed by atoms with E-state index in [1.807, 2.05) is 51.8 Å². The molecule has 112 valence electrons. The molecular formula is C16H25NO3. The lowest BCUT2D eigenvalue weighted by Crippen LogP contribution is -2.23. The third kappa shape index (κ3) is 9.30. The summed E-state index contributed by atoms with van der Waals surface area (Å²) in [6.07, 6.45) is 1.75. The standard InChI is InChI=1S/C15H23NO2.CH2O/c1-5-10-17-11-13-6-8-14(9-7-13)16-12-18-15(2,3)4;1-2/h5-9,16H,1,10-12H2,2-4H3;1H2. The Balaban J connectivity index is 0.00000172. The molecule has 0 heterocycles.